The maximum absolute atomic E-state index is 11.8. The van der Waals surface area contributed by atoms with Crippen molar-refractivity contribution in [2.24, 2.45) is 11.1 Å². The molecule has 1 amide bonds. The lowest BCUT2D eigenvalue weighted by Crippen LogP contribution is -2.42. The molecule has 2 atom stereocenters. The third kappa shape index (κ3) is 5.04. The van der Waals surface area contributed by atoms with Gasteiger partial charge in [-0.2, -0.15) is 0 Å². The third-order valence-corrected chi connectivity index (χ3v) is 3.58. The minimum atomic E-state index is -0.161. The molecule has 0 bridgehead atoms. The molecule has 0 spiro atoms. The average molecular weight is 242 g/mol. The first-order chi connectivity index (χ1) is 7.96. The predicted octanol–water partition coefficient (Wildman–Crippen LogP) is 1.44. The Bertz CT molecular complexity index is 250. The number of ether oxygens (including phenoxy) is 1. The molecule has 0 aliphatic heterocycles. The van der Waals surface area contributed by atoms with Crippen molar-refractivity contribution in [3.8, 4) is 0 Å². The molecular weight excluding hydrogens is 216 g/mol. The summed E-state index contributed by atoms with van der Waals surface area (Å²) in [5.41, 5.74) is 5.85. The second-order valence-electron chi connectivity index (χ2n) is 5.82. The van der Waals surface area contributed by atoms with Crippen molar-refractivity contribution in [1.82, 2.24) is 5.32 Å². The van der Waals surface area contributed by atoms with Gasteiger partial charge < -0.3 is 15.8 Å². The van der Waals surface area contributed by atoms with E-state index in [4.69, 9.17) is 10.5 Å². The smallest absolute Gasteiger partial charge is 0.222 e. The van der Waals surface area contributed by atoms with Gasteiger partial charge in [0.2, 0.25) is 5.91 Å². The largest absolute Gasteiger partial charge is 0.380 e. The van der Waals surface area contributed by atoms with Crippen molar-refractivity contribution in [1.29, 1.82) is 0 Å². The van der Waals surface area contributed by atoms with Crippen LogP contribution in [-0.4, -0.2) is 31.7 Å². The van der Waals surface area contributed by atoms with Crippen molar-refractivity contribution in [2.45, 2.75) is 58.1 Å². The van der Waals surface area contributed by atoms with Crippen molar-refractivity contribution in [3.63, 3.8) is 0 Å². The van der Waals surface area contributed by atoms with Crippen LogP contribution < -0.4 is 11.1 Å². The number of carbonyl (C=O) groups is 1. The van der Waals surface area contributed by atoms with Crippen LogP contribution in [-0.2, 0) is 9.53 Å². The minimum Gasteiger partial charge on any atom is -0.380 e. The number of methoxy groups -OCH3 is 1. The second kappa shape index (κ2) is 6.36. The molecule has 0 heterocycles. The lowest BCUT2D eigenvalue weighted by atomic mass is 9.75. The van der Waals surface area contributed by atoms with E-state index in [0.29, 0.717) is 24.4 Å². The summed E-state index contributed by atoms with van der Waals surface area (Å²) in [5, 5.41) is 3.10. The maximum Gasteiger partial charge on any atom is 0.222 e. The highest BCUT2D eigenvalue weighted by molar-refractivity contribution is 5.76. The van der Waals surface area contributed by atoms with Gasteiger partial charge in [-0.1, -0.05) is 20.3 Å². The van der Waals surface area contributed by atoms with Gasteiger partial charge in [-0.25, -0.2) is 0 Å². The van der Waals surface area contributed by atoms with Crippen LogP contribution >= 0.6 is 0 Å². The lowest BCUT2D eigenvalue weighted by Gasteiger charge is -2.35. The number of carbonyl (C=O) groups excluding carboxylic acids is 1. The highest BCUT2D eigenvalue weighted by Crippen LogP contribution is 2.35. The Balaban J connectivity index is 2.35. The fourth-order valence-electron chi connectivity index (χ4n) is 2.58. The third-order valence-electron chi connectivity index (χ3n) is 3.58. The monoisotopic (exact) mass is 242 g/mol. The lowest BCUT2D eigenvalue weighted by molar-refractivity contribution is -0.124. The summed E-state index contributed by atoms with van der Waals surface area (Å²) in [5.74, 6) is 0.0602. The predicted molar refractivity (Wildman–Crippen MR) is 68.6 cm³/mol. The molecule has 0 saturated heterocycles. The van der Waals surface area contributed by atoms with Gasteiger partial charge in [-0.05, 0) is 24.7 Å². The van der Waals surface area contributed by atoms with E-state index in [2.05, 4.69) is 19.2 Å². The van der Waals surface area contributed by atoms with E-state index < -0.39 is 0 Å². The fourth-order valence-corrected chi connectivity index (χ4v) is 2.58. The Morgan fingerprint density at radius 3 is 2.82 bits per heavy atom. The standard InChI is InChI=1S/C13H26N2O2/c1-13(2)6-4-5-10(8-13)15-12(16)7-11(9-14)17-3/h10-11H,4-9,14H2,1-3H3,(H,15,16). The van der Waals surface area contributed by atoms with Gasteiger partial charge in [0, 0.05) is 19.7 Å². The number of hydrogen-bond donors (Lipinski definition) is 2. The van der Waals surface area contributed by atoms with Crippen LogP contribution in [0.1, 0.15) is 46.0 Å². The summed E-state index contributed by atoms with van der Waals surface area (Å²) in [7, 11) is 1.59. The summed E-state index contributed by atoms with van der Waals surface area (Å²) in [6.45, 7) is 4.92. The van der Waals surface area contributed by atoms with E-state index in [-0.39, 0.29) is 12.0 Å². The number of amides is 1. The summed E-state index contributed by atoms with van der Waals surface area (Å²) >= 11 is 0. The van der Waals surface area contributed by atoms with E-state index >= 15 is 0 Å². The number of hydrogen-bond acceptors (Lipinski definition) is 3. The SMILES string of the molecule is COC(CN)CC(=O)NC1CCCC(C)(C)C1. The first-order valence-corrected chi connectivity index (χ1v) is 6.49. The van der Waals surface area contributed by atoms with Crippen LogP contribution in [0.4, 0.5) is 0 Å². The van der Waals surface area contributed by atoms with Crippen molar-refractivity contribution in [2.75, 3.05) is 13.7 Å². The topological polar surface area (TPSA) is 64.3 Å². The zero-order chi connectivity index (χ0) is 12.9. The van der Waals surface area contributed by atoms with E-state index in [9.17, 15) is 4.79 Å². The Hall–Kier alpha value is -0.610. The molecule has 1 rings (SSSR count). The number of nitrogens with one attached hydrogen (secondary N) is 1. The first kappa shape index (κ1) is 14.5. The van der Waals surface area contributed by atoms with Gasteiger partial charge in [-0.3, -0.25) is 4.79 Å². The molecule has 4 nitrogen and oxygen atoms in total. The van der Waals surface area contributed by atoms with Gasteiger partial charge >= 0.3 is 0 Å². The Morgan fingerprint density at radius 1 is 1.59 bits per heavy atom. The Kier molecular flexibility index (Phi) is 5.40. The summed E-state index contributed by atoms with van der Waals surface area (Å²) in [6, 6.07) is 0.321. The van der Waals surface area contributed by atoms with Crippen LogP contribution in [0.3, 0.4) is 0 Å². The molecule has 1 fully saturated rings. The van der Waals surface area contributed by atoms with Crippen LogP contribution in [0.2, 0.25) is 0 Å². The first-order valence-electron chi connectivity index (χ1n) is 6.49. The van der Waals surface area contributed by atoms with Crippen molar-refractivity contribution >= 4 is 5.91 Å². The van der Waals surface area contributed by atoms with Gasteiger partial charge in [0.1, 0.15) is 0 Å². The molecule has 1 saturated carbocycles. The molecule has 2 unspecified atom stereocenters. The minimum absolute atomic E-state index is 0.0602. The van der Waals surface area contributed by atoms with Crippen LogP contribution in [0.15, 0.2) is 0 Å². The molecule has 0 aromatic carbocycles. The quantitative estimate of drug-likeness (QED) is 0.766. The van der Waals surface area contributed by atoms with Crippen molar-refractivity contribution in [3.05, 3.63) is 0 Å². The second-order valence-corrected chi connectivity index (χ2v) is 5.82. The molecular formula is C13H26N2O2. The molecule has 0 aromatic heterocycles. The normalized spacial score (nSPS) is 25.3. The van der Waals surface area contributed by atoms with Crippen LogP contribution in [0, 0.1) is 5.41 Å². The molecule has 17 heavy (non-hydrogen) atoms. The van der Waals surface area contributed by atoms with Crippen molar-refractivity contribution < 1.29 is 9.53 Å². The highest BCUT2D eigenvalue weighted by Gasteiger charge is 2.28. The zero-order valence-electron chi connectivity index (χ0n) is 11.3. The molecule has 100 valence electrons. The van der Waals surface area contributed by atoms with E-state index in [0.717, 1.165) is 12.8 Å². The molecule has 0 aromatic rings. The highest BCUT2D eigenvalue weighted by atomic mass is 16.5. The van der Waals surface area contributed by atoms with Gasteiger partial charge in [0.25, 0.3) is 0 Å². The van der Waals surface area contributed by atoms with E-state index in [1.54, 1.807) is 7.11 Å². The van der Waals surface area contributed by atoms with E-state index in [1.807, 2.05) is 0 Å². The van der Waals surface area contributed by atoms with Gasteiger partial charge in [-0.15, -0.1) is 0 Å². The molecule has 4 heteroatoms. The van der Waals surface area contributed by atoms with Crippen LogP contribution in [0.5, 0.6) is 0 Å². The van der Waals surface area contributed by atoms with Crippen LogP contribution in [0.25, 0.3) is 0 Å². The summed E-state index contributed by atoms with van der Waals surface area (Å²) in [4.78, 5) is 11.8. The number of rotatable bonds is 5. The summed E-state index contributed by atoms with van der Waals surface area (Å²) in [6.07, 6.45) is 4.82. The molecule has 1 aliphatic carbocycles. The zero-order valence-corrected chi connectivity index (χ0v) is 11.3. The number of nitrogens with two attached hydrogens (primary N) is 1. The Labute approximate surface area is 104 Å². The molecule has 0 radical (unpaired) electrons. The maximum atomic E-state index is 11.8. The Morgan fingerprint density at radius 2 is 2.29 bits per heavy atom. The summed E-state index contributed by atoms with van der Waals surface area (Å²) < 4.78 is 5.11. The fraction of sp³-hybridized carbons (Fsp3) is 0.923. The van der Waals surface area contributed by atoms with E-state index in [1.165, 1.54) is 12.8 Å². The molecule has 3 N–H and O–H groups in total. The average Bonchev–Trinajstić information content (AvgIpc) is 2.24. The molecule has 1 aliphatic rings. The van der Waals surface area contributed by atoms with Gasteiger partial charge in [0.15, 0.2) is 0 Å². The van der Waals surface area contributed by atoms with Gasteiger partial charge in [0.05, 0.1) is 12.5 Å².